The predicted molar refractivity (Wildman–Crippen MR) is 78.3 cm³/mol. The Morgan fingerprint density at radius 3 is 2.24 bits per heavy atom. The third-order valence-corrected chi connectivity index (χ3v) is 3.26. The highest BCUT2D eigenvalue weighted by Gasteiger charge is 2.10. The van der Waals surface area contributed by atoms with Gasteiger partial charge in [-0.05, 0) is 30.2 Å². The quantitative estimate of drug-likeness (QED) is 0.913. The Labute approximate surface area is 127 Å². The van der Waals surface area contributed by atoms with Crippen LogP contribution < -0.4 is 10.4 Å². The second-order valence-electron chi connectivity index (χ2n) is 4.47. The van der Waals surface area contributed by atoms with Gasteiger partial charge in [0.15, 0.2) is 0 Å². The zero-order chi connectivity index (χ0) is 15.2. The molecule has 0 aliphatic carbocycles. The van der Waals surface area contributed by atoms with Crippen LogP contribution in [0.2, 0.25) is 5.02 Å². The van der Waals surface area contributed by atoms with Crippen molar-refractivity contribution in [3.8, 4) is 0 Å². The molecule has 4 nitrogen and oxygen atoms in total. The molecule has 5 heteroatoms. The minimum absolute atomic E-state index is 0.105. The standard InChI is InChI=1S/C16H14ClNO3/c17-12-7-5-11(6-8-12)9-10-18-15(19)13-3-1-2-4-14(13)16(20)21/h1-8H,9-10H2,(H,18,19)(H,20,21)/p-1. The Morgan fingerprint density at radius 1 is 1.00 bits per heavy atom. The summed E-state index contributed by atoms with van der Waals surface area (Å²) in [7, 11) is 0. The van der Waals surface area contributed by atoms with Crippen molar-refractivity contribution in [3.05, 3.63) is 70.2 Å². The second-order valence-corrected chi connectivity index (χ2v) is 4.90. The van der Waals surface area contributed by atoms with Gasteiger partial charge in [0.25, 0.3) is 5.91 Å². The molecular weight excluding hydrogens is 290 g/mol. The highest BCUT2D eigenvalue weighted by atomic mass is 35.5. The molecule has 108 valence electrons. The Morgan fingerprint density at radius 2 is 1.62 bits per heavy atom. The highest BCUT2D eigenvalue weighted by Crippen LogP contribution is 2.10. The van der Waals surface area contributed by atoms with Gasteiger partial charge in [-0.25, -0.2) is 0 Å². The predicted octanol–water partition coefficient (Wildman–Crippen LogP) is 1.68. The first-order valence-corrected chi connectivity index (χ1v) is 6.79. The number of rotatable bonds is 5. The van der Waals surface area contributed by atoms with Crippen molar-refractivity contribution < 1.29 is 14.7 Å². The fourth-order valence-electron chi connectivity index (χ4n) is 1.93. The van der Waals surface area contributed by atoms with Crippen molar-refractivity contribution in [3.63, 3.8) is 0 Å². The molecule has 0 spiro atoms. The van der Waals surface area contributed by atoms with Gasteiger partial charge in [-0.2, -0.15) is 0 Å². The zero-order valence-electron chi connectivity index (χ0n) is 11.1. The average Bonchev–Trinajstić information content (AvgIpc) is 2.49. The molecule has 0 saturated carbocycles. The van der Waals surface area contributed by atoms with Crippen LogP contribution >= 0.6 is 11.6 Å². The third-order valence-electron chi connectivity index (χ3n) is 3.00. The summed E-state index contributed by atoms with van der Waals surface area (Å²) in [5.74, 6) is -1.79. The Hall–Kier alpha value is -2.33. The van der Waals surface area contributed by atoms with Crippen LogP contribution in [-0.4, -0.2) is 18.4 Å². The summed E-state index contributed by atoms with van der Waals surface area (Å²) in [5.41, 5.74) is 1.03. The van der Waals surface area contributed by atoms with E-state index in [0.717, 1.165) is 5.56 Å². The van der Waals surface area contributed by atoms with E-state index in [1.807, 2.05) is 12.1 Å². The highest BCUT2D eigenvalue weighted by molar-refractivity contribution is 6.30. The fourth-order valence-corrected chi connectivity index (χ4v) is 2.05. The summed E-state index contributed by atoms with van der Waals surface area (Å²) >= 11 is 5.79. The van der Waals surface area contributed by atoms with Gasteiger partial charge in [-0.15, -0.1) is 0 Å². The van der Waals surface area contributed by atoms with Crippen LogP contribution in [0.3, 0.4) is 0 Å². The lowest BCUT2D eigenvalue weighted by molar-refractivity contribution is -0.255. The Bertz CT molecular complexity index is 653. The molecule has 0 bridgehead atoms. The van der Waals surface area contributed by atoms with E-state index in [-0.39, 0.29) is 11.1 Å². The lowest BCUT2D eigenvalue weighted by Crippen LogP contribution is -2.30. The van der Waals surface area contributed by atoms with E-state index in [9.17, 15) is 14.7 Å². The number of carboxylic acids is 1. The van der Waals surface area contributed by atoms with Gasteiger partial charge in [0.2, 0.25) is 0 Å². The molecular formula is C16H13ClNO3-. The zero-order valence-corrected chi connectivity index (χ0v) is 11.9. The number of nitrogens with one attached hydrogen (secondary N) is 1. The van der Waals surface area contributed by atoms with Crippen LogP contribution in [-0.2, 0) is 6.42 Å². The van der Waals surface area contributed by atoms with E-state index in [4.69, 9.17) is 11.6 Å². The molecule has 0 aliphatic rings. The summed E-state index contributed by atoms with van der Waals surface area (Å²) in [6, 6.07) is 13.3. The van der Waals surface area contributed by atoms with Crippen LogP contribution in [0.15, 0.2) is 48.5 Å². The van der Waals surface area contributed by atoms with Gasteiger partial charge in [-0.1, -0.05) is 41.9 Å². The number of carbonyl (C=O) groups excluding carboxylic acids is 2. The van der Waals surface area contributed by atoms with Crippen LogP contribution in [0.5, 0.6) is 0 Å². The monoisotopic (exact) mass is 302 g/mol. The van der Waals surface area contributed by atoms with Crippen molar-refractivity contribution in [2.24, 2.45) is 0 Å². The Kier molecular flexibility index (Phi) is 4.95. The van der Waals surface area contributed by atoms with Crippen LogP contribution in [0.1, 0.15) is 26.3 Å². The van der Waals surface area contributed by atoms with E-state index in [0.29, 0.717) is 18.0 Å². The van der Waals surface area contributed by atoms with Crippen molar-refractivity contribution in [2.45, 2.75) is 6.42 Å². The fraction of sp³-hybridized carbons (Fsp3) is 0.125. The lowest BCUT2D eigenvalue weighted by atomic mass is 10.1. The number of hydrogen-bond donors (Lipinski definition) is 1. The first kappa shape index (κ1) is 15.1. The molecule has 0 heterocycles. The molecule has 0 aliphatic heterocycles. The summed E-state index contributed by atoms with van der Waals surface area (Å²) in [4.78, 5) is 22.9. The average molecular weight is 303 g/mol. The number of halogens is 1. The SMILES string of the molecule is O=C([O-])c1ccccc1C(=O)NCCc1ccc(Cl)cc1. The van der Waals surface area contributed by atoms with Gasteiger partial charge in [-0.3, -0.25) is 4.79 Å². The normalized spacial score (nSPS) is 10.1. The minimum Gasteiger partial charge on any atom is -0.545 e. The van der Waals surface area contributed by atoms with E-state index < -0.39 is 11.9 Å². The first-order chi connectivity index (χ1) is 10.1. The Balaban J connectivity index is 1.96. The van der Waals surface area contributed by atoms with Crippen molar-refractivity contribution in [1.82, 2.24) is 5.32 Å². The molecule has 1 N–H and O–H groups in total. The maximum absolute atomic E-state index is 12.0. The number of aromatic carboxylic acids is 1. The summed E-state index contributed by atoms with van der Waals surface area (Å²) in [6.07, 6.45) is 0.635. The summed E-state index contributed by atoms with van der Waals surface area (Å²) in [5, 5.41) is 14.3. The number of amides is 1. The van der Waals surface area contributed by atoms with Gasteiger partial charge in [0, 0.05) is 22.7 Å². The number of hydrogen-bond acceptors (Lipinski definition) is 3. The first-order valence-electron chi connectivity index (χ1n) is 6.41. The summed E-state index contributed by atoms with van der Waals surface area (Å²) < 4.78 is 0. The van der Waals surface area contributed by atoms with Crippen molar-refractivity contribution in [2.75, 3.05) is 6.54 Å². The van der Waals surface area contributed by atoms with E-state index in [2.05, 4.69) is 5.32 Å². The number of benzene rings is 2. The lowest BCUT2D eigenvalue weighted by Gasteiger charge is -2.10. The van der Waals surface area contributed by atoms with Crippen LogP contribution in [0, 0.1) is 0 Å². The number of carboxylic acid groups (broad SMARTS) is 1. The molecule has 21 heavy (non-hydrogen) atoms. The van der Waals surface area contributed by atoms with Crippen LogP contribution in [0.25, 0.3) is 0 Å². The molecule has 2 aromatic rings. The maximum Gasteiger partial charge on any atom is 0.251 e. The largest absolute Gasteiger partial charge is 0.545 e. The molecule has 0 unspecified atom stereocenters. The van der Waals surface area contributed by atoms with E-state index >= 15 is 0 Å². The van der Waals surface area contributed by atoms with Crippen molar-refractivity contribution >= 4 is 23.5 Å². The molecule has 0 radical (unpaired) electrons. The topological polar surface area (TPSA) is 69.2 Å². The molecule has 0 aromatic heterocycles. The third kappa shape index (κ3) is 4.07. The second kappa shape index (κ2) is 6.90. The molecule has 2 aromatic carbocycles. The van der Waals surface area contributed by atoms with E-state index in [1.165, 1.54) is 12.1 Å². The van der Waals surface area contributed by atoms with Gasteiger partial charge in [0.1, 0.15) is 0 Å². The maximum atomic E-state index is 12.0. The molecule has 0 saturated heterocycles. The van der Waals surface area contributed by atoms with Gasteiger partial charge in [0.05, 0.1) is 5.97 Å². The van der Waals surface area contributed by atoms with Gasteiger partial charge < -0.3 is 15.2 Å². The molecule has 1 amide bonds. The minimum atomic E-state index is -1.36. The molecule has 0 fully saturated rings. The van der Waals surface area contributed by atoms with E-state index in [1.54, 1.807) is 24.3 Å². The molecule has 0 atom stereocenters. The van der Waals surface area contributed by atoms with Gasteiger partial charge >= 0.3 is 0 Å². The number of carbonyl (C=O) groups is 2. The summed E-state index contributed by atoms with van der Waals surface area (Å²) in [6.45, 7) is 0.405. The smallest absolute Gasteiger partial charge is 0.251 e. The molecule has 2 rings (SSSR count). The van der Waals surface area contributed by atoms with Crippen LogP contribution in [0.4, 0.5) is 0 Å². The van der Waals surface area contributed by atoms with Crippen molar-refractivity contribution in [1.29, 1.82) is 0 Å².